The van der Waals surface area contributed by atoms with Crippen LogP contribution in [0.3, 0.4) is 0 Å². The first-order chi connectivity index (χ1) is 5.36. The second-order valence-corrected chi connectivity index (χ2v) is 3.12. The highest BCUT2D eigenvalue weighted by Gasteiger charge is 2.13. The summed E-state index contributed by atoms with van der Waals surface area (Å²) >= 11 is 0. The Morgan fingerprint density at radius 3 is 3.09 bits per heavy atom. The minimum absolute atomic E-state index is 0.704. The van der Waals surface area contributed by atoms with Crippen molar-refractivity contribution >= 4 is 0 Å². The van der Waals surface area contributed by atoms with Crippen LogP contribution >= 0.6 is 0 Å². The molecule has 1 heterocycles. The molecule has 0 aromatic heterocycles. The first kappa shape index (κ1) is 8.75. The Balaban J connectivity index is 2.28. The van der Waals surface area contributed by atoms with Gasteiger partial charge in [0.25, 0.3) is 0 Å². The first-order valence-electron chi connectivity index (χ1n) is 4.47. The van der Waals surface area contributed by atoms with Crippen LogP contribution in [-0.4, -0.2) is 31.1 Å². The van der Waals surface area contributed by atoms with Crippen LogP contribution in [0.5, 0.6) is 0 Å². The van der Waals surface area contributed by atoms with E-state index in [1.165, 1.54) is 31.5 Å². The van der Waals surface area contributed by atoms with Gasteiger partial charge in [0.1, 0.15) is 0 Å². The van der Waals surface area contributed by atoms with Gasteiger partial charge in [0.15, 0.2) is 0 Å². The van der Waals surface area contributed by atoms with Crippen molar-refractivity contribution in [3.05, 3.63) is 11.6 Å². The summed E-state index contributed by atoms with van der Waals surface area (Å²) in [6.45, 7) is 6.56. The van der Waals surface area contributed by atoms with Gasteiger partial charge in [-0.25, -0.2) is 0 Å². The van der Waals surface area contributed by atoms with Crippen molar-refractivity contribution in [3.8, 4) is 0 Å². The second-order valence-electron chi connectivity index (χ2n) is 3.12. The molecule has 2 heteroatoms. The molecule has 1 saturated heterocycles. The molecule has 64 valence electrons. The van der Waals surface area contributed by atoms with E-state index in [9.17, 15) is 0 Å². The van der Waals surface area contributed by atoms with Gasteiger partial charge in [0.05, 0.1) is 0 Å². The topological polar surface area (TPSA) is 29.3 Å². The fourth-order valence-corrected chi connectivity index (χ4v) is 1.59. The van der Waals surface area contributed by atoms with E-state index in [2.05, 4.69) is 17.9 Å². The molecule has 0 radical (unpaired) electrons. The van der Waals surface area contributed by atoms with E-state index < -0.39 is 0 Å². The predicted molar refractivity (Wildman–Crippen MR) is 48.5 cm³/mol. The Hall–Kier alpha value is -0.340. The molecule has 0 aromatic rings. The third kappa shape index (κ3) is 2.64. The SMILES string of the molecule is CCCN1CC/C(=C/CN)C1. The Kier molecular flexibility index (Phi) is 3.60. The van der Waals surface area contributed by atoms with Crippen molar-refractivity contribution in [2.75, 3.05) is 26.2 Å². The van der Waals surface area contributed by atoms with Crippen molar-refractivity contribution in [1.82, 2.24) is 4.90 Å². The largest absolute Gasteiger partial charge is 0.327 e. The maximum Gasteiger partial charge on any atom is 0.0193 e. The number of nitrogens with zero attached hydrogens (tertiary/aromatic N) is 1. The van der Waals surface area contributed by atoms with Gasteiger partial charge < -0.3 is 5.73 Å². The lowest BCUT2D eigenvalue weighted by molar-refractivity contribution is 0.345. The molecule has 1 rings (SSSR count). The summed E-state index contributed by atoms with van der Waals surface area (Å²) in [5, 5.41) is 0. The standard InChI is InChI=1S/C9H18N2/c1-2-6-11-7-4-9(8-11)3-5-10/h3H,2,4-8,10H2,1H3/b9-3-. The molecule has 0 saturated carbocycles. The molecule has 0 amide bonds. The summed E-state index contributed by atoms with van der Waals surface area (Å²) in [5.41, 5.74) is 6.96. The predicted octanol–water partition coefficient (Wildman–Crippen LogP) is 0.987. The lowest BCUT2D eigenvalue weighted by Gasteiger charge is -2.11. The molecule has 0 atom stereocenters. The van der Waals surface area contributed by atoms with Crippen LogP contribution in [0.25, 0.3) is 0 Å². The van der Waals surface area contributed by atoms with Gasteiger partial charge in [0.2, 0.25) is 0 Å². The second kappa shape index (κ2) is 4.52. The number of rotatable bonds is 3. The summed E-state index contributed by atoms with van der Waals surface area (Å²) in [7, 11) is 0. The van der Waals surface area contributed by atoms with Gasteiger partial charge in [0, 0.05) is 19.6 Å². The van der Waals surface area contributed by atoms with E-state index in [0.717, 1.165) is 6.54 Å². The molecule has 1 aliphatic heterocycles. The number of hydrogen-bond donors (Lipinski definition) is 1. The molecule has 2 N–H and O–H groups in total. The van der Waals surface area contributed by atoms with Crippen LogP contribution in [0.1, 0.15) is 19.8 Å². The number of hydrogen-bond acceptors (Lipinski definition) is 2. The van der Waals surface area contributed by atoms with Gasteiger partial charge in [-0.05, 0) is 19.4 Å². The minimum Gasteiger partial charge on any atom is -0.327 e. The molecule has 1 aliphatic rings. The first-order valence-corrected chi connectivity index (χ1v) is 4.47. The van der Waals surface area contributed by atoms with Crippen molar-refractivity contribution in [3.63, 3.8) is 0 Å². The van der Waals surface area contributed by atoms with Crippen LogP contribution in [0.2, 0.25) is 0 Å². The van der Waals surface area contributed by atoms with Crippen molar-refractivity contribution in [1.29, 1.82) is 0 Å². The Bertz CT molecular complexity index is 140. The highest BCUT2D eigenvalue weighted by molar-refractivity contribution is 5.09. The van der Waals surface area contributed by atoms with Gasteiger partial charge in [-0.15, -0.1) is 0 Å². The zero-order valence-corrected chi connectivity index (χ0v) is 7.34. The molecular weight excluding hydrogens is 136 g/mol. The maximum absolute atomic E-state index is 5.43. The zero-order valence-electron chi connectivity index (χ0n) is 7.34. The van der Waals surface area contributed by atoms with Crippen molar-refractivity contribution < 1.29 is 0 Å². The Morgan fingerprint density at radius 1 is 1.64 bits per heavy atom. The quantitative estimate of drug-likeness (QED) is 0.614. The van der Waals surface area contributed by atoms with E-state index in [-0.39, 0.29) is 0 Å². The monoisotopic (exact) mass is 154 g/mol. The summed E-state index contributed by atoms with van der Waals surface area (Å²) in [6, 6.07) is 0. The normalized spacial score (nSPS) is 23.3. The summed E-state index contributed by atoms with van der Waals surface area (Å²) in [6.07, 6.45) is 4.66. The van der Waals surface area contributed by atoms with Crippen LogP contribution in [0.4, 0.5) is 0 Å². The van der Waals surface area contributed by atoms with Gasteiger partial charge in [-0.1, -0.05) is 18.6 Å². The van der Waals surface area contributed by atoms with E-state index in [1.54, 1.807) is 0 Å². The van der Waals surface area contributed by atoms with E-state index in [1.807, 2.05) is 0 Å². The molecule has 1 fully saturated rings. The maximum atomic E-state index is 5.43. The average molecular weight is 154 g/mol. The highest BCUT2D eigenvalue weighted by Crippen LogP contribution is 2.14. The smallest absolute Gasteiger partial charge is 0.0193 e. The molecule has 0 spiro atoms. The number of likely N-dealkylation sites (tertiary alicyclic amines) is 1. The van der Waals surface area contributed by atoms with Crippen LogP contribution < -0.4 is 5.73 Å². The summed E-state index contributed by atoms with van der Waals surface area (Å²) in [5.74, 6) is 0. The lowest BCUT2D eigenvalue weighted by Crippen LogP contribution is -2.19. The van der Waals surface area contributed by atoms with Crippen LogP contribution in [-0.2, 0) is 0 Å². The molecular formula is C9H18N2. The molecule has 0 unspecified atom stereocenters. The fraction of sp³-hybridized carbons (Fsp3) is 0.778. The minimum atomic E-state index is 0.704. The highest BCUT2D eigenvalue weighted by atomic mass is 15.1. The van der Waals surface area contributed by atoms with E-state index in [4.69, 9.17) is 5.73 Å². The summed E-state index contributed by atoms with van der Waals surface area (Å²) < 4.78 is 0. The van der Waals surface area contributed by atoms with E-state index in [0.29, 0.717) is 6.54 Å². The van der Waals surface area contributed by atoms with Crippen LogP contribution in [0.15, 0.2) is 11.6 Å². The third-order valence-corrected chi connectivity index (χ3v) is 2.12. The van der Waals surface area contributed by atoms with Crippen LogP contribution in [0, 0.1) is 0 Å². The fourth-order valence-electron chi connectivity index (χ4n) is 1.59. The van der Waals surface area contributed by atoms with Crippen molar-refractivity contribution in [2.45, 2.75) is 19.8 Å². The van der Waals surface area contributed by atoms with Gasteiger partial charge in [-0.3, -0.25) is 4.90 Å². The molecule has 0 aliphatic carbocycles. The van der Waals surface area contributed by atoms with E-state index >= 15 is 0 Å². The van der Waals surface area contributed by atoms with Gasteiger partial charge >= 0.3 is 0 Å². The summed E-state index contributed by atoms with van der Waals surface area (Å²) in [4.78, 5) is 2.49. The molecule has 0 bridgehead atoms. The van der Waals surface area contributed by atoms with Gasteiger partial charge in [-0.2, -0.15) is 0 Å². The zero-order chi connectivity index (χ0) is 8.10. The molecule has 11 heavy (non-hydrogen) atoms. The average Bonchev–Trinajstić information content (AvgIpc) is 2.38. The molecule has 2 nitrogen and oxygen atoms in total. The lowest BCUT2D eigenvalue weighted by atomic mass is 10.2. The number of nitrogens with two attached hydrogens (primary N) is 1. The Labute approximate surface area is 69.1 Å². The molecule has 0 aromatic carbocycles. The van der Waals surface area contributed by atoms with Crippen molar-refractivity contribution in [2.24, 2.45) is 5.73 Å². The Morgan fingerprint density at radius 2 is 2.45 bits per heavy atom. The third-order valence-electron chi connectivity index (χ3n) is 2.12.